The Morgan fingerprint density at radius 1 is 1.34 bits per heavy atom. The van der Waals surface area contributed by atoms with E-state index in [1.165, 1.54) is 24.1 Å². The van der Waals surface area contributed by atoms with E-state index in [0.29, 0.717) is 5.52 Å². The Bertz CT molecular complexity index is 1290. The van der Waals surface area contributed by atoms with Gasteiger partial charge in [-0.15, -0.1) is 0 Å². The van der Waals surface area contributed by atoms with Crippen molar-refractivity contribution in [2.45, 2.75) is 26.1 Å². The van der Waals surface area contributed by atoms with Crippen molar-refractivity contribution in [1.82, 2.24) is 24.6 Å². The normalized spacial score (nSPS) is 18.3. The first kappa shape index (κ1) is 24.6. The number of fused-ring (bicyclic) bond motifs is 1. The molecule has 0 saturated heterocycles. The highest BCUT2D eigenvalue weighted by Gasteiger charge is 2.36. The van der Waals surface area contributed by atoms with E-state index in [1.807, 2.05) is 0 Å². The van der Waals surface area contributed by atoms with E-state index in [9.17, 15) is 9.36 Å². The van der Waals surface area contributed by atoms with Crippen LogP contribution in [-0.2, 0) is 23.6 Å². The van der Waals surface area contributed by atoms with Crippen molar-refractivity contribution in [2.75, 3.05) is 25.3 Å². The molecule has 2 aromatic heterocycles. The van der Waals surface area contributed by atoms with Crippen LogP contribution in [0.15, 0.2) is 54.6 Å². The molecule has 0 radical (unpaired) electrons. The number of benzene rings is 1. The molecular weight excluding hydrogens is 482 g/mol. The minimum absolute atomic E-state index is 0.147. The van der Waals surface area contributed by atoms with Gasteiger partial charge in [-0.05, 0) is 26.0 Å². The van der Waals surface area contributed by atoms with Crippen LogP contribution in [-0.4, -0.2) is 51.1 Å². The second kappa shape index (κ2) is 10.4. The zero-order valence-electron chi connectivity index (χ0n) is 19.0. The molecule has 186 valence electrons. The molecule has 0 bridgehead atoms. The molecule has 3 aromatic rings. The van der Waals surface area contributed by atoms with Crippen LogP contribution in [0.3, 0.4) is 0 Å². The fourth-order valence-corrected chi connectivity index (χ4v) is 4.97. The van der Waals surface area contributed by atoms with Gasteiger partial charge < -0.3 is 24.5 Å². The van der Waals surface area contributed by atoms with E-state index in [4.69, 9.17) is 24.5 Å². The fourth-order valence-electron chi connectivity index (χ4n) is 3.31. The van der Waals surface area contributed by atoms with E-state index < -0.39 is 37.9 Å². The molecule has 1 aromatic carbocycles. The lowest BCUT2D eigenvalue weighted by molar-refractivity contribution is -0.144. The van der Waals surface area contributed by atoms with Crippen LogP contribution in [0.2, 0.25) is 0 Å². The van der Waals surface area contributed by atoms with Crippen molar-refractivity contribution in [2.24, 2.45) is 0 Å². The Hall–Kier alpha value is -3.54. The maximum absolute atomic E-state index is 15.2. The lowest BCUT2D eigenvalue weighted by atomic mass is 10.3. The number of nitrogens with zero attached hydrogens (tertiary/aromatic N) is 4. The minimum atomic E-state index is -3.87. The first-order valence-corrected chi connectivity index (χ1v) is 12.5. The van der Waals surface area contributed by atoms with Crippen molar-refractivity contribution in [3.63, 3.8) is 0 Å². The summed E-state index contributed by atoms with van der Waals surface area (Å²) in [5.74, 6) is -1.13. The standard InChI is InChI=1S/C21H24FN6O6P/c1-3-31-21(29)13(2)27-35(30,34-14-7-5-4-6-8-14)12-33-15-9-32-20(16(15)22)28-11-26-17-18(23)24-10-25-19(17)28/h4-8,10-11,13,20H,3,9,12H2,1-2H3,(H,27,30)(H2,23,24,25)/t13-,20-,35?/m1/s1. The topological polar surface area (TPSA) is 153 Å². The lowest BCUT2D eigenvalue weighted by Crippen LogP contribution is -2.35. The number of carbonyl (C=O) groups is 1. The van der Waals surface area contributed by atoms with Gasteiger partial charge in [-0.3, -0.25) is 13.9 Å². The zero-order valence-corrected chi connectivity index (χ0v) is 19.9. The predicted octanol–water partition coefficient (Wildman–Crippen LogP) is 2.91. The molecule has 3 heterocycles. The maximum atomic E-state index is 15.2. The second-order valence-corrected chi connectivity index (χ2v) is 9.52. The molecule has 1 aliphatic rings. The quantitative estimate of drug-likeness (QED) is 0.308. The number of imidazole rings is 1. The number of ether oxygens (including phenoxy) is 3. The van der Waals surface area contributed by atoms with Crippen LogP contribution < -0.4 is 15.3 Å². The minimum Gasteiger partial charge on any atom is -0.480 e. The van der Waals surface area contributed by atoms with Crippen LogP contribution >= 0.6 is 7.52 Å². The van der Waals surface area contributed by atoms with E-state index in [-0.39, 0.29) is 36.2 Å². The number of carbonyl (C=O) groups excluding carboxylic acids is 1. The highest BCUT2D eigenvalue weighted by Crippen LogP contribution is 2.45. The lowest BCUT2D eigenvalue weighted by Gasteiger charge is -2.23. The molecule has 0 fully saturated rings. The number of hydrogen-bond donors (Lipinski definition) is 2. The van der Waals surface area contributed by atoms with Gasteiger partial charge in [0.15, 0.2) is 35.6 Å². The fraction of sp³-hybridized carbons (Fsp3) is 0.333. The van der Waals surface area contributed by atoms with Crippen LogP contribution in [0, 0.1) is 0 Å². The molecule has 12 nitrogen and oxygen atoms in total. The van der Waals surface area contributed by atoms with E-state index in [1.54, 1.807) is 37.3 Å². The largest absolute Gasteiger partial charge is 0.480 e. The third-order valence-corrected chi connectivity index (χ3v) is 6.69. The smallest absolute Gasteiger partial charge is 0.354 e. The molecule has 3 N–H and O–H groups in total. The number of nitrogens with one attached hydrogen (secondary N) is 1. The zero-order chi connectivity index (χ0) is 25.0. The average molecular weight is 506 g/mol. The molecule has 0 saturated carbocycles. The van der Waals surface area contributed by atoms with Gasteiger partial charge in [-0.1, -0.05) is 18.2 Å². The second-order valence-electron chi connectivity index (χ2n) is 7.47. The molecule has 1 unspecified atom stereocenters. The number of aromatic nitrogens is 4. The molecular formula is C21H24FN6O6P. The first-order valence-electron chi connectivity index (χ1n) is 10.7. The van der Waals surface area contributed by atoms with E-state index >= 15 is 4.39 Å². The SMILES string of the molecule is CCOC(=O)[C@@H](C)NP(=O)(COC1=C(F)[C@H](n2cnc3c(N)ncnc32)OC1)Oc1ccccc1. The van der Waals surface area contributed by atoms with E-state index in [2.05, 4.69) is 20.0 Å². The monoisotopic (exact) mass is 506 g/mol. The summed E-state index contributed by atoms with van der Waals surface area (Å²) in [5, 5.41) is 2.64. The number of para-hydroxylation sites is 1. The van der Waals surface area contributed by atoms with Crippen molar-refractivity contribution in [1.29, 1.82) is 0 Å². The number of nitrogen functional groups attached to an aromatic ring is 1. The van der Waals surface area contributed by atoms with Crippen LogP contribution in [0.5, 0.6) is 5.75 Å². The van der Waals surface area contributed by atoms with Crippen molar-refractivity contribution in [3.05, 3.63) is 54.6 Å². The molecule has 3 atom stereocenters. The third kappa shape index (κ3) is 5.42. The predicted molar refractivity (Wildman–Crippen MR) is 123 cm³/mol. The molecule has 0 amide bonds. The summed E-state index contributed by atoms with van der Waals surface area (Å²) in [7, 11) is -3.87. The Morgan fingerprint density at radius 2 is 2.11 bits per heavy atom. The average Bonchev–Trinajstić information content (AvgIpc) is 3.42. The summed E-state index contributed by atoms with van der Waals surface area (Å²) in [6.07, 6.45) is 0.779. The van der Waals surface area contributed by atoms with Gasteiger partial charge in [0.05, 0.1) is 12.9 Å². The maximum Gasteiger partial charge on any atom is 0.354 e. The molecule has 0 spiro atoms. The number of anilines is 1. The van der Waals surface area contributed by atoms with Gasteiger partial charge >= 0.3 is 13.5 Å². The van der Waals surface area contributed by atoms with Crippen molar-refractivity contribution >= 4 is 30.5 Å². The highest BCUT2D eigenvalue weighted by molar-refractivity contribution is 7.57. The number of halogens is 1. The van der Waals surface area contributed by atoms with Crippen LogP contribution in [0.25, 0.3) is 11.2 Å². The Kier molecular flexibility index (Phi) is 7.29. The summed E-state index contributed by atoms with van der Waals surface area (Å²) in [4.78, 5) is 24.1. The molecule has 0 aliphatic carbocycles. The third-order valence-electron chi connectivity index (χ3n) is 4.93. The van der Waals surface area contributed by atoms with Gasteiger partial charge in [-0.25, -0.2) is 24.4 Å². The van der Waals surface area contributed by atoms with Gasteiger partial charge in [-0.2, -0.15) is 0 Å². The number of rotatable bonds is 10. The van der Waals surface area contributed by atoms with Crippen LogP contribution in [0.4, 0.5) is 10.2 Å². The number of hydrogen-bond acceptors (Lipinski definition) is 10. The molecule has 35 heavy (non-hydrogen) atoms. The summed E-state index contributed by atoms with van der Waals surface area (Å²) >= 11 is 0. The number of esters is 1. The summed E-state index contributed by atoms with van der Waals surface area (Å²) < 4.78 is 51.8. The van der Waals surface area contributed by atoms with Crippen molar-refractivity contribution in [3.8, 4) is 5.75 Å². The van der Waals surface area contributed by atoms with Gasteiger partial charge in [0.1, 0.15) is 30.2 Å². The first-order chi connectivity index (χ1) is 16.8. The Morgan fingerprint density at radius 3 is 2.86 bits per heavy atom. The Labute approximate surface area is 199 Å². The van der Waals surface area contributed by atoms with E-state index in [0.717, 1.165) is 0 Å². The summed E-state index contributed by atoms with van der Waals surface area (Å²) in [6, 6.07) is 7.36. The molecule has 1 aliphatic heterocycles. The molecule has 14 heteroatoms. The van der Waals surface area contributed by atoms with Gasteiger partial charge in [0.2, 0.25) is 0 Å². The molecule has 4 rings (SSSR count). The summed E-state index contributed by atoms with van der Waals surface area (Å²) in [5.41, 5.74) is 6.37. The number of nitrogens with two attached hydrogens (primary N) is 1. The van der Waals surface area contributed by atoms with Crippen LogP contribution in [0.1, 0.15) is 20.1 Å². The van der Waals surface area contributed by atoms with Gasteiger partial charge in [0, 0.05) is 0 Å². The Balaban J connectivity index is 1.53. The summed E-state index contributed by atoms with van der Waals surface area (Å²) in [6.45, 7) is 3.05. The highest BCUT2D eigenvalue weighted by atomic mass is 31.2. The van der Waals surface area contributed by atoms with Gasteiger partial charge in [0.25, 0.3) is 0 Å². The van der Waals surface area contributed by atoms with Crippen molar-refractivity contribution < 1.29 is 32.5 Å².